The molecule has 0 aliphatic carbocycles. The van der Waals surface area contributed by atoms with Crippen molar-refractivity contribution in [1.29, 1.82) is 0 Å². The number of aldehydes is 1. The quantitative estimate of drug-likeness (QED) is 0.256. The van der Waals surface area contributed by atoms with Crippen LogP contribution in [-0.2, 0) is 11.2 Å². The van der Waals surface area contributed by atoms with Crippen LogP contribution in [0.5, 0.6) is 0 Å². The molecule has 5 nitrogen and oxygen atoms in total. The van der Waals surface area contributed by atoms with Crippen molar-refractivity contribution >= 4 is 35.4 Å². The summed E-state index contributed by atoms with van der Waals surface area (Å²) in [6, 6.07) is 21.2. The lowest BCUT2D eigenvalue weighted by Crippen LogP contribution is -2.38. The van der Waals surface area contributed by atoms with E-state index in [2.05, 4.69) is 0 Å². The fraction of sp³-hybridized carbons (Fsp3) is 0.207. The SMILES string of the molecule is O=CCc1c(C(=O)N2CCC(c3ccccc3F)CC2)nn(-c2ccccc2Cl)c1-c1ccc(Cl)cc1. The summed E-state index contributed by atoms with van der Waals surface area (Å²) in [7, 11) is 0. The van der Waals surface area contributed by atoms with Crippen LogP contribution >= 0.6 is 23.2 Å². The Balaban J connectivity index is 1.53. The number of piperidine rings is 1. The third-order valence-electron chi connectivity index (χ3n) is 6.80. The second-order valence-electron chi connectivity index (χ2n) is 9.00. The molecule has 8 heteroatoms. The lowest BCUT2D eigenvalue weighted by Gasteiger charge is -2.32. The van der Waals surface area contributed by atoms with E-state index in [0.29, 0.717) is 58.5 Å². The molecule has 0 bridgehead atoms. The van der Waals surface area contributed by atoms with Gasteiger partial charge in [0.15, 0.2) is 5.69 Å². The van der Waals surface area contributed by atoms with Crippen LogP contribution in [0.2, 0.25) is 10.0 Å². The van der Waals surface area contributed by atoms with Gasteiger partial charge in [-0.05, 0) is 54.7 Å². The number of para-hydroxylation sites is 1. The number of aromatic nitrogens is 2. The number of hydrogen-bond donors (Lipinski definition) is 0. The minimum atomic E-state index is -0.259. The number of carbonyl (C=O) groups excluding carboxylic acids is 2. The van der Waals surface area contributed by atoms with Crippen molar-refractivity contribution in [1.82, 2.24) is 14.7 Å². The van der Waals surface area contributed by atoms with Crippen molar-refractivity contribution in [3.63, 3.8) is 0 Å². The third kappa shape index (κ3) is 5.04. The van der Waals surface area contributed by atoms with E-state index in [1.165, 1.54) is 6.07 Å². The Morgan fingerprint density at radius 1 is 0.973 bits per heavy atom. The average Bonchev–Trinajstić information content (AvgIpc) is 3.28. The highest BCUT2D eigenvalue weighted by Gasteiger charge is 2.31. The maximum Gasteiger partial charge on any atom is 0.274 e. The van der Waals surface area contributed by atoms with Crippen LogP contribution in [0.1, 0.15) is 40.4 Å². The molecule has 3 aromatic carbocycles. The van der Waals surface area contributed by atoms with Gasteiger partial charge in [-0.15, -0.1) is 0 Å². The van der Waals surface area contributed by atoms with Gasteiger partial charge in [0.2, 0.25) is 0 Å². The second-order valence-corrected chi connectivity index (χ2v) is 9.85. The Bertz CT molecular complexity index is 1440. The molecule has 188 valence electrons. The van der Waals surface area contributed by atoms with Gasteiger partial charge >= 0.3 is 0 Å². The van der Waals surface area contributed by atoms with Crippen molar-refractivity contribution in [2.75, 3.05) is 13.1 Å². The number of hydrogen-bond acceptors (Lipinski definition) is 3. The summed E-state index contributed by atoms with van der Waals surface area (Å²) in [5, 5.41) is 5.74. The maximum absolute atomic E-state index is 14.3. The van der Waals surface area contributed by atoms with Crippen LogP contribution in [0, 0.1) is 5.82 Å². The van der Waals surface area contributed by atoms with Crippen LogP contribution in [-0.4, -0.2) is 40.0 Å². The van der Waals surface area contributed by atoms with E-state index in [-0.39, 0.29) is 29.8 Å². The first-order chi connectivity index (χ1) is 18.0. The molecule has 2 heterocycles. The summed E-state index contributed by atoms with van der Waals surface area (Å²) >= 11 is 12.6. The molecule has 1 aliphatic rings. The molecule has 1 fully saturated rings. The molecular weight excluding hydrogens is 512 g/mol. The molecule has 1 aliphatic heterocycles. The van der Waals surface area contributed by atoms with Crippen LogP contribution < -0.4 is 0 Å². The van der Waals surface area contributed by atoms with E-state index in [0.717, 1.165) is 11.8 Å². The number of rotatable bonds is 6. The molecule has 4 aromatic rings. The number of likely N-dealkylation sites (tertiary alicyclic amines) is 1. The van der Waals surface area contributed by atoms with Crippen molar-refractivity contribution < 1.29 is 14.0 Å². The lowest BCUT2D eigenvalue weighted by atomic mass is 9.89. The first-order valence-electron chi connectivity index (χ1n) is 12.1. The summed E-state index contributed by atoms with van der Waals surface area (Å²) < 4.78 is 15.9. The Morgan fingerprint density at radius 3 is 2.32 bits per heavy atom. The van der Waals surface area contributed by atoms with Gasteiger partial charge in [-0.25, -0.2) is 9.07 Å². The van der Waals surface area contributed by atoms with Crippen molar-refractivity contribution in [2.45, 2.75) is 25.2 Å². The second kappa shape index (κ2) is 10.9. The van der Waals surface area contributed by atoms with Gasteiger partial charge in [0.05, 0.1) is 16.4 Å². The first kappa shape index (κ1) is 25.2. The molecule has 5 rings (SSSR count). The summed E-state index contributed by atoms with van der Waals surface area (Å²) in [5.41, 5.74) is 3.38. The zero-order valence-corrected chi connectivity index (χ0v) is 21.4. The molecule has 37 heavy (non-hydrogen) atoms. The Kier molecular flexibility index (Phi) is 7.40. The van der Waals surface area contributed by atoms with Crippen LogP contribution in [0.15, 0.2) is 72.8 Å². The zero-order valence-electron chi connectivity index (χ0n) is 19.9. The van der Waals surface area contributed by atoms with Gasteiger partial charge in [0.25, 0.3) is 5.91 Å². The van der Waals surface area contributed by atoms with Crippen molar-refractivity contribution in [2.24, 2.45) is 0 Å². The van der Waals surface area contributed by atoms with Crippen molar-refractivity contribution in [3.05, 3.63) is 105 Å². The number of nitrogens with zero attached hydrogens (tertiary/aromatic N) is 3. The highest BCUT2D eigenvalue weighted by Crippen LogP contribution is 2.35. The molecular formula is C29H24Cl2FN3O2. The van der Waals surface area contributed by atoms with Crippen LogP contribution in [0.4, 0.5) is 4.39 Å². The van der Waals surface area contributed by atoms with Gasteiger partial charge in [-0.3, -0.25) is 4.79 Å². The van der Waals surface area contributed by atoms with E-state index in [9.17, 15) is 14.0 Å². The number of benzene rings is 3. The largest absolute Gasteiger partial charge is 0.337 e. The fourth-order valence-electron chi connectivity index (χ4n) is 4.95. The summed E-state index contributed by atoms with van der Waals surface area (Å²) in [6.45, 7) is 0.932. The van der Waals surface area contributed by atoms with Gasteiger partial charge < -0.3 is 9.69 Å². The van der Waals surface area contributed by atoms with Gasteiger partial charge in [0.1, 0.15) is 12.1 Å². The molecule has 0 N–H and O–H groups in total. The zero-order chi connectivity index (χ0) is 25.9. The molecule has 0 spiro atoms. The van der Waals surface area contributed by atoms with Crippen molar-refractivity contribution in [3.8, 4) is 16.9 Å². The van der Waals surface area contributed by atoms with E-state index in [1.807, 2.05) is 42.5 Å². The van der Waals surface area contributed by atoms with E-state index in [4.69, 9.17) is 28.3 Å². The van der Waals surface area contributed by atoms with Gasteiger partial charge in [0, 0.05) is 35.7 Å². The minimum absolute atomic E-state index is 0.00910. The minimum Gasteiger partial charge on any atom is -0.337 e. The topological polar surface area (TPSA) is 55.2 Å². The van der Waals surface area contributed by atoms with Crippen LogP contribution in [0.25, 0.3) is 16.9 Å². The third-order valence-corrected chi connectivity index (χ3v) is 7.37. The molecule has 1 amide bonds. The van der Waals surface area contributed by atoms with Gasteiger partial charge in [-0.1, -0.05) is 65.7 Å². The number of carbonyl (C=O) groups is 2. The smallest absolute Gasteiger partial charge is 0.274 e. The molecule has 0 saturated carbocycles. The van der Waals surface area contributed by atoms with E-state index < -0.39 is 0 Å². The number of halogens is 3. The maximum atomic E-state index is 14.3. The highest BCUT2D eigenvalue weighted by molar-refractivity contribution is 6.32. The predicted octanol–water partition coefficient (Wildman–Crippen LogP) is 6.75. The molecule has 1 saturated heterocycles. The number of amides is 1. The summed E-state index contributed by atoms with van der Waals surface area (Å²) in [4.78, 5) is 27.3. The summed E-state index contributed by atoms with van der Waals surface area (Å²) in [6.07, 6.45) is 2.07. The average molecular weight is 536 g/mol. The monoisotopic (exact) mass is 535 g/mol. The van der Waals surface area contributed by atoms with E-state index >= 15 is 0 Å². The molecule has 0 radical (unpaired) electrons. The Morgan fingerprint density at radius 2 is 1.65 bits per heavy atom. The predicted molar refractivity (Wildman–Crippen MR) is 143 cm³/mol. The molecule has 0 unspecified atom stereocenters. The molecule has 0 atom stereocenters. The van der Waals surface area contributed by atoms with Gasteiger partial charge in [-0.2, -0.15) is 5.10 Å². The Hall–Kier alpha value is -3.48. The van der Waals surface area contributed by atoms with E-state index in [1.54, 1.807) is 33.8 Å². The Labute approximate surface area is 224 Å². The normalized spacial score (nSPS) is 14.1. The first-order valence-corrected chi connectivity index (χ1v) is 12.8. The fourth-order valence-corrected chi connectivity index (χ4v) is 5.29. The highest BCUT2D eigenvalue weighted by atomic mass is 35.5. The summed E-state index contributed by atoms with van der Waals surface area (Å²) in [5.74, 6) is -0.429. The standard InChI is InChI=1S/C29H24Cl2FN3O2/c30-21-11-9-20(10-12-21)28-23(15-18-36)27(33-35(28)26-8-4-2-6-24(26)31)29(37)34-16-13-19(14-17-34)22-5-1-3-7-25(22)32/h1-12,18-19H,13-17H2. The molecule has 1 aromatic heterocycles. The lowest BCUT2D eigenvalue weighted by molar-refractivity contribution is -0.107. The van der Waals surface area contributed by atoms with Crippen LogP contribution in [0.3, 0.4) is 0 Å².